The Kier molecular flexibility index (Phi) is 17.9. The normalized spacial score (nSPS) is 13.5. The van der Waals surface area contributed by atoms with Crippen LogP contribution in [0.1, 0.15) is 33.7 Å². The first kappa shape index (κ1) is 50.4. The van der Waals surface area contributed by atoms with Crippen LogP contribution < -0.4 is 26.2 Å². The third-order valence-electron chi connectivity index (χ3n) is 8.45. The Balaban J connectivity index is 0.000000261. The maximum absolute atomic E-state index is 14.1. The summed E-state index contributed by atoms with van der Waals surface area (Å²) in [7, 11) is 1.71. The van der Waals surface area contributed by atoms with Crippen molar-refractivity contribution in [2.45, 2.75) is 51.6 Å². The molecule has 0 saturated carbocycles. The number of hydrogen-bond donors (Lipinski definition) is 5. The first-order valence-electron chi connectivity index (χ1n) is 18.4. The molecule has 5 aromatic rings. The van der Waals surface area contributed by atoms with E-state index in [0.717, 1.165) is 34.5 Å². The zero-order chi connectivity index (χ0) is 46.6. The molecule has 4 aromatic carbocycles. The fourth-order valence-electron chi connectivity index (χ4n) is 5.66. The van der Waals surface area contributed by atoms with E-state index in [1.54, 1.807) is 43.4 Å². The van der Waals surface area contributed by atoms with Crippen molar-refractivity contribution in [1.29, 1.82) is 0 Å². The monoisotopic (exact) mass is 1010 g/mol. The minimum Gasteiger partial charge on any atom is -0.322 e. The summed E-state index contributed by atoms with van der Waals surface area (Å²) in [5.74, 6) is -3.20. The molecule has 1 aliphatic rings. The van der Waals surface area contributed by atoms with Crippen LogP contribution >= 0.6 is 31.9 Å². The van der Waals surface area contributed by atoms with Gasteiger partial charge >= 0.3 is 38.1 Å². The predicted octanol–water partition coefficient (Wildman–Crippen LogP) is 8.77. The molecule has 63 heavy (non-hydrogen) atoms. The van der Waals surface area contributed by atoms with Crippen molar-refractivity contribution >= 4 is 80.6 Å². The number of carbonyl (C=O) groups is 2. The Morgan fingerprint density at radius 3 is 1.89 bits per heavy atom. The average Bonchev–Trinajstić information content (AvgIpc) is 3.88. The van der Waals surface area contributed by atoms with Crippen LogP contribution in [-0.2, 0) is 28.8 Å². The second-order valence-electron chi connectivity index (χ2n) is 13.3. The van der Waals surface area contributed by atoms with Gasteiger partial charge in [-0.25, -0.2) is 13.5 Å². The van der Waals surface area contributed by atoms with Crippen molar-refractivity contribution in [3.8, 4) is 5.69 Å². The van der Waals surface area contributed by atoms with E-state index >= 15 is 0 Å². The molecule has 12 nitrogen and oxygen atoms in total. The van der Waals surface area contributed by atoms with Crippen LogP contribution in [0.4, 0.5) is 52.2 Å². The van der Waals surface area contributed by atoms with Gasteiger partial charge in [0.25, 0.3) is 5.91 Å². The molecule has 0 saturated heterocycles. The second kappa shape index (κ2) is 22.4. The molecule has 1 unspecified atom stereocenters. The molecule has 24 heteroatoms. The minimum absolute atomic E-state index is 0.123. The largest absolute Gasteiger partial charge is 0.431 e. The fourth-order valence-corrected chi connectivity index (χ4v) is 6.33. The molecule has 1 aliphatic heterocycles. The van der Waals surface area contributed by atoms with Gasteiger partial charge in [-0.15, -0.1) is 0 Å². The first-order chi connectivity index (χ1) is 29.6. The van der Waals surface area contributed by atoms with Crippen molar-refractivity contribution in [3.63, 3.8) is 0 Å². The molecule has 0 fully saturated rings. The molecule has 0 spiro atoms. The first-order valence-corrected chi connectivity index (χ1v) is 20.0. The van der Waals surface area contributed by atoms with E-state index in [-0.39, 0.29) is 23.6 Å². The topological polar surface area (TPSA) is 153 Å². The zero-order valence-electron chi connectivity index (χ0n) is 33.3. The quantitative estimate of drug-likeness (QED) is 0.0651. The van der Waals surface area contributed by atoms with Gasteiger partial charge in [0.1, 0.15) is 29.1 Å². The SMILES string of the molecule is CB(O)NCc1cccc(-n2nc(C(F)(F)F)cc2C(=O)Nc2ccc(Br)cc2F)c1.CB=O.CNCc1cccc(N2N=C(C(F)(F)F)CC2C(=O)Nc2ccc(Br)cc2F)c1. The smallest absolute Gasteiger partial charge is 0.322 e. The van der Waals surface area contributed by atoms with Gasteiger partial charge in [-0.3, -0.25) is 14.6 Å². The fraction of sp³-hybridized carbons (Fsp3) is 0.231. The van der Waals surface area contributed by atoms with Crippen molar-refractivity contribution in [2.24, 2.45) is 5.10 Å². The van der Waals surface area contributed by atoms with Crippen molar-refractivity contribution in [1.82, 2.24) is 20.3 Å². The standard InChI is InChI=1S/C19H16BBrF4N4O2.C19H17BrF4N4O.CH3BO/c1-20(31)26-10-11-3-2-4-13(7-11)29-16(9-17(28-29)19(23,24)25)18(30)27-15-6-5-12(21)8-14(15)22;1-25-10-11-3-2-4-13(7-11)28-16(9-17(27-28)19(22,23)24)18(29)26-15-6-5-12(20)8-14(15)21;1-2-3/h2-9,26,31H,10H2,1H3,(H,27,30);2-8,16,25H,9-10H2,1H3,(H,26,29);1H3. The number of anilines is 3. The van der Waals surface area contributed by atoms with Crippen LogP contribution in [-0.4, -0.2) is 65.8 Å². The van der Waals surface area contributed by atoms with Crippen LogP contribution in [0.25, 0.3) is 5.69 Å². The summed E-state index contributed by atoms with van der Waals surface area (Å²) in [4.78, 5) is 25.5. The van der Waals surface area contributed by atoms with Gasteiger partial charge in [0.15, 0.2) is 5.69 Å². The van der Waals surface area contributed by atoms with E-state index in [4.69, 9.17) is 4.70 Å². The van der Waals surface area contributed by atoms with Crippen molar-refractivity contribution < 1.29 is 54.4 Å². The Morgan fingerprint density at radius 1 is 0.825 bits per heavy atom. The van der Waals surface area contributed by atoms with Gasteiger partial charge in [-0.2, -0.15) is 36.5 Å². The summed E-state index contributed by atoms with van der Waals surface area (Å²) in [6, 6.07) is 20.2. The van der Waals surface area contributed by atoms with Gasteiger partial charge < -0.3 is 26.2 Å². The van der Waals surface area contributed by atoms with E-state index in [2.05, 4.69) is 63.2 Å². The number of nitrogens with zero attached hydrogens (tertiary/aromatic N) is 4. The molecule has 0 radical (unpaired) electrons. The van der Waals surface area contributed by atoms with Crippen molar-refractivity contribution in [2.75, 3.05) is 22.7 Å². The third-order valence-corrected chi connectivity index (χ3v) is 9.44. The molecule has 0 bridgehead atoms. The minimum atomic E-state index is -4.78. The van der Waals surface area contributed by atoms with Crippen LogP contribution in [0.3, 0.4) is 0 Å². The Morgan fingerprint density at radius 2 is 1.37 bits per heavy atom. The number of halogens is 10. The molecular formula is C39H36B2Br2F8N8O4. The third kappa shape index (κ3) is 14.4. The van der Waals surface area contributed by atoms with E-state index in [9.17, 15) is 49.7 Å². The molecule has 2 heterocycles. The van der Waals surface area contributed by atoms with Crippen LogP contribution in [0.2, 0.25) is 13.6 Å². The van der Waals surface area contributed by atoms with E-state index < -0.39 is 72.4 Å². The van der Waals surface area contributed by atoms with Gasteiger partial charge in [0.2, 0.25) is 5.91 Å². The van der Waals surface area contributed by atoms with Crippen LogP contribution in [0.5, 0.6) is 0 Å². The number of hydrogen-bond acceptors (Lipinski definition) is 9. The molecule has 5 N–H and O–H groups in total. The number of aromatic nitrogens is 2. The molecule has 1 atom stereocenters. The molecule has 6 rings (SSSR count). The van der Waals surface area contributed by atoms with E-state index in [1.165, 1.54) is 50.0 Å². The van der Waals surface area contributed by atoms with E-state index in [1.807, 2.05) is 0 Å². The summed E-state index contributed by atoms with van der Waals surface area (Å²) in [6.07, 6.45) is -10.1. The second-order valence-corrected chi connectivity index (χ2v) is 15.1. The molecular weight excluding hydrogens is 978 g/mol. The summed E-state index contributed by atoms with van der Waals surface area (Å²) in [5, 5.41) is 27.9. The van der Waals surface area contributed by atoms with Crippen LogP contribution in [0.15, 0.2) is 105 Å². The van der Waals surface area contributed by atoms with Crippen molar-refractivity contribution in [3.05, 3.63) is 134 Å². The van der Waals surface area contributed by atoms with E-state index in [0.29, 0.717) is 32.8 Å². The number of hydrazone groups is 1. The van der Waals surface area contributed by atoms with Gasteiger partial charge in [0.05, 0.1) is 22.7 Å². The molecule has 0 aliphatic carbocycles. The average molecular weight is 1010 g/mol. The predicted molar refractivity (Wildman–Crippen MR) is 230 cm³/mol. The Bertz CT molecular complexity index is 2440. The molecule has 1 aromatic heterocycles. The van der Waals surface area contributed by atoms with Crippen LogP contribution in [0, 0.1) is 11.6 Å². The number of amides is 2. The maximum Gasteiger partial charge on any atom is 0.431 e. The summed E-state index contributed by atoms with van der Waals surface area (Å²) in [5.41, 5.74) is -1.06. The number of benzene rings is 4. The maximum atomic E-state index is 14.1. The molecule has 332 valence electrons. The summed E-state index contributed by atoms with van der Waals surface area (Å²) < 4.78 is 118. The summed E-state index contributed by atoms with van der Waals surface area (Å²) >= 11 is 6.20. The van der Waals surface area contributed by atoms with Gasteiger partial charge in [-0.1, -0.05) is 56.1 Å². The van der Waals surface area contributed by atoms with Gasteiger partial charge in [0, 0.05) is 34.5 Å². The Hall–Kier alpha value is -5.29. The number of alkyl halides is 6. The Labute approximate surface area is 373 Å². The number of carbonyl (C=O) groups excluding carboxylic acids is 2. The summed E-state index contributed by atoms with van der Waals surface area (Å²) in [6.45, 7) is 3.71. The molecule has 2 amide bonds. The number of rotatable bonds is 11. The number of nitrogens with one attached hydrogen (secondary N) is 4. The zero-order valence-corrected chi connectivity index (χ0v) is 36.4. The van der Waals surface area contributed by atoms with Gasteiger partial charge in [-0.05, 0) is 85.7 Å².